The van der Waals surface area contributed by atoms with Crippen LogP contribution in [0.3, 0.4) is 0 Å². The number of benzene rings is 1. The summed E-state index contributed by atoms with van der Waals surface area (Å²) in [5.41, 5.74) is 1.18. The molecule has 0 spiro atoms. The largest absolute Gasteiger partial charge is 0.493 e. The van der Waals surface area contributed by atoms with Gasteiger partial charge in [0, 0.05) is 0 Å². The van der Waals surface area contributed by atoms with Crippen molar-refractivity contribution in [1.82, 2.24) is 0 Å². The summed E-state index contributed by atoms with van der Waals surface area (Å²) in [5, 5.41) is 0. The summed E-state index contributed by atoms with van der Waals surface area (Å²) in [6.45, 7) is 0.564. The predicted molar refractivity (Wildman–Crippen MR) is 65.3 cm³/mol. The topological polar surface area (TPSA) is 53.7 Å². The van der Waals surface area contributed by atoms with Crippen LogP contribution in [-0.2, 0) is 11.3 Å². The number of ether oxygens (including phenoxy) is 2. The molecular formula is C11H18ClNO3. The Labute approximate surface area is 102 Å². The maximum atomic E-state index is 5.20. The molecule has 0 amide bonds. The van der Waals surface area contributed by atoms with Gasteiger partial charge in [0.2, 0.25) is 0 Å². The van der Waals surface area contributed by atoms with Gasteiger partial charge in [-0.1, -0.05) is 6.07 Å². The maximum absolute atomic E-state index is 5.20. The van der Waals surface area contributed by atoms with Crippen LogP contribution in [0.25, 0.3) is 0 Å². The first-order valence-electron chi connectivity index (χ1n) is 4.84. The van der Waals surface area contributed by atoms with Crippen LogP contribution in [0.2, 0.25) is 0 Å². The number of aryl methyl sites for hydroxylation is 1. The van der Waals surface area contributed by atoms with Crippen molar-refractivity contribution in [3.8, 4) is 11.5 Å². The van der Waals surface area contributed by atoms with Crippen molar-refractivity contribution in [3.63, 3.8) is 0 Å². The summed E-state index contributed by atoms with van der Waals surface area (Å²) >= 11 is 0. The zero-order valence-electron chi connectivity index (χ0n) is 9.56. The molecule has 2 N–H and O–H groups in total. The van der Waals surface area contributed by atoms with Gasteiger partial charge in [-0.05, 0) is 30.5 Å². The first-order chi connectivity index (χ1) is 7.31. The Morgan fingerprint density at radius 2 is 1.81 bits per heavy atom. The van der Waals surface area contributed by atoms with E-state index in [1.165, 1.54) is 5.56 Å². The van der Waals surface area contributed by atoms with E-state index in [0.717, 1.165) is 24.3 Å². The number of methoxy groups -OCH3 is 2. The van der Waals surface area contributed by atoms with Crippen molar-refractivity contribution in [2.24, 2.45) is 5.90 Å². The zero-order chi connectivity index (χ0) is 11.1. The second-order valence-corrected chi connectivity index (χ2v) is 3.16. The van der Waals surface area contributed by atoms with E-state index in [2.05, 4.69) is 4.84 Å². The van der Waals surface area contributed by atoms with Gasteiger partial charge in [-0.25, -0.2) is 5.90 Å². The fourth-order valence-electron chi connectivity index (χ4n) is 1.40. The van der Waals surface area contributed by atoms with Crippen LogP contribution in [0, 0.1) is 0 Å². The Kier molecular flexibility index (Phi) is 7.72. The molecule has 16 heavy (non-hydrogen) atoms. The molecule has 92 valence electrons. The SMILES string of the molecule is COc1ccc(CCCON)cc1OC.Cl. The Balaban J connectivity index is 0.00000225. The van der Waals surface area contributed by atoms with Gasteiger partial charge in [-0.2, -0.15) is 0 Å². The lowest BCUT2D eigenvalue weighted by atomic mass is 10.1. The highest BCUT2D eigenvalue weighted by Crippen LogP contribution is 2.27. The molecular weight excluding hydrogens is 230 g/mol. The number of nitrogens with two attached hydrogens (primary N) is 1. The molecule has 0 aliphatic heterocycles. The molecule has 1 aromatic rings. The van der Waals surface area contributed by atoms with E-state index in [-0.39, 0.29) is 12.4 Å². The molecule has 0 bridgehead atoms. The molecule has 5 heteroatoms. The number of hydrogen-bond acceptors (Lipinski definition) is 4. The van der Waals surface area contributed by atoms with Gasteiger partial charge in [-0.15, -0.1) is 12.4 Å². The fourth-order valence-corrected chi connectivity index (χ4v) is 1.40. The van der Waals surface area contributed by atoms with Crippen LogP contribution in [-0.4, -0.2) is 20.8 Å². The average Bonchev–Trinajstić information content (AvgIpc) is 2.29. The summed E-state index contributed by atoms with van der Waals surface area (Å²) in [7, 11) is 3.25. The lowest BCUT2D eigenvalue weighted by Gasteiger charge is -2.09. The van der Waals surface area contributed by atoms with Gasteiger partial charge in [0.25, 0.3) is 0 Å². The van der Waals surface area contributed by atoms with Crippen LogP contribution in [0.4, 0.5) is 0 Å². The molecule has 0 heterocycles. The molecule has 0 fully saturated rings. The van der Waals surface area contributed by atoms with Crippen LogP contribution in [0.1, 0.15) is 12.0 Å². The van der Waals surface area contributed by atoms with E-state index in [1.807, 2.05) is 18.2 Å². The minimum absolute atomic E-state index is 0. The second kappa shape index (κ2) is 8.21. The summed E-state index contributed by atoms with van der Waals surface area (Å²) in [6.07, 6.45) is 1.81. The Morgan fingerprint density at radius 1 is 1.12 bits per heavy atom. The van der Waals surface area contributed by atoms with E-state index in [1.54, 1.807) is 14.2 Å². The van der Waals surface area contributed by atoms with Gasteiger partial charge < -0.3 is 14.3 Å². The van der Waals surface area contributed by atoms with E-state index in [4.69, 9.17) is 15.4 Å². The van der Waals surface area contributed by atoms with Gasteiger partial charge in [0.15, 0.2) is 11.5 Å². The normalized spacial score (nSPS) is 9.44. The summed E-state index contributed by atoms with van der Waals surface area (Å²) in [6, 6.07) is 5.88. The quantitative estimate of drug-likeness (QED) is 0.617. The molecule has 0 aliphatic rings. The van der Waals surface area contributed by atoms with Crippen LogP contribution in [0.5, 0.6) is 11.5 Å². The van der Waals surface area contributed by atoms with E-state index in [9.17, 15) is 0 Å². The third kappa shape index (κ3) is 4.26. The number of rotatable bonds is 6. The monoisotopic (exact) mass is 247 g/mol. The first kappa shape index (κ1) is 15.0. The Morgan fingerprint density at radius 3 is 2.38 bits per heavy atom. The fraction of sp³-hybridized carbons (Fsp3) is 0.455. The third-order valence-corrected chi connectivity index (χ3v) is 2.18. The molecule has 4 nitrogen and oxygen atoms in total. The van der Waals surface area contributed by atoms with E-state index >= 15 is 0 Å². The van der Waals surface area contributed by atoms with Crippen molar-refractivity contribution in [3.05, 3.63) is 23.8 Å². The van der Waals surface area contributed by atoms with Gasteiger partial charge in [0.05, 0.1) is 20.8 Å². The summed E-state index contributed by atoms with van der Waals surface area (Å²) < 4.78 is 10.3. The van der Waals surface area contributed by atoms with E-state index < -0.39 is 0 Å². The third-order valence-electron chi connectivity index (χ3n) is 2.18. The minimum Gasteiger partial charge on any atom is -0.493 e. The van der Waals surface area contributed by atoms with Crippen molar-refractivity contribution < 1.29 is 14.3 Å². The molecule has 1 rings (SSSR count). The molecule has 0 unspecified atom stereocenters. The Hall–Kier alpha value is -0.970. The lowest BCUT2D eigenvalue weighted by molar-refractivity contribution is 0.135. The van der Waals surface area contributed by atoms with Gasteiger partial charge in [-0.3, -0.25) is 0 Å². The zero-order valence-corrected chi connectivity index (χ0v) is 10.4. The van der Waals surface area contributed by atoms with Crippen molar-refractivity contribution >= 4 is 12.4 Å². The number of halogens is 1. The summed E-state index contributed by atoms with van der Waals surface area (Å²) in [4.78, 5) is 4.51. The predicted octanol–water partition coefficient (Wildman–Crippen LogP) is 1.95. The van der Waals surface area contributed by atoms with E-state index in [0.29, 0.717) is 6.61 Å². The number of hydrogen-bond donors (Lipinski definition) is 1. The molecule has 0 atom stereocenters. The highest BCUT2D eigenvalue weighted by atomic mass is 35.5. The summed E-state index contributed by atoms with van der Waals surface area (Å²) in [5.74, 6) is 6.45. The van der Waals surface area contributed by atoms with Gasteiger partial charge >= 0.3 is 0 Å². The highest BCUT2D eigenvalue weighted by molar-refractivity contribution is 5.85. The van der Waals surface area contributed by atoms with Gasteiger partial charge in [0.1, 0.15) is 0 Å². The lowest BCUT2D eigenvalue weighted by Crippen LogP contribution is -2.02. The standard InChI is InChI=1S/C11H17NO3.ClH/c1-13-10-6-5-9(4-3-7-15-12)8-11(10)14-2;/h5-6,8H,3-4,7,12H2,1-2H3;1H. The molecule has 0 aromatic heterocycles. The Bertz CT molecular complexity index is 307. The van der Waals surface area contributed by atoms with Crippen LogP contribution >= 0.6 is 12.4 Å². The molecule has 0 aliphatic carbocycles. The molecule has 0 radical (unpaired) electrons. The van der Waals surface area contributed by atoms with Crippen molar-refractivity contribution in [1.29, 1.82) is 0 Å². The second-order valence-electron chi connectivity index (χ2n) is 3.16. The van der Waals surface area contributed by atoms with Crippen LogP contribution in [0.15, 0.2) is 18.2 Å². The minimum atomic E-state index is 0. The molecule has 1 aromatic carbocycles. The molecule has 0 saturated carbocycles. The maximum Gasteiger partial charge on any atom is 0.160 e. The average molecular weight is 248 g/mol. The van der Waals surface area contributed by atoms with Crippen molar-refractivity contribution in [2.75, 3.05) is 20.8 Å². The smallest absolute Gasteiger partial charge is 0.160 e. The van der Waals surface area contributed by atoms with Crippen molar-refractivity contribution in [2.45, 2.75) is 12.8 Å². The first-order valence-corrected chi connectivity index (χ1v) is 4.84. The molecule has 0 saturated heterocycles. The van der Waals surface area contributed by atoms with Crippen LogP contribution < -0.4 is 15.4 Å². The highest BCUT2D eigenvalue weighted by Gasteiger charge is 2.03.